The van der Waals surface area contributed by atoms with Crippen LogP contribution in [0.15, 0.2) is 78.0 Å². The Hall–Kier alpha value is -4.85. The van der Waals surface area contributed by atoms with Gasteiger partial charge in [-0.1, -0.05) is 37.2 Å². The summed E-state index contributed by atoms with van der Waals surface area (Å²) in [5.41, 5.74) is 4.58. The number of nitrogens with one attached hydrogen (secondary N) is 2. The van der Waals surface area contributed by atoms with Gasteiger partial charge in [0.05, 0.1) is 23.7 Å². The molecular weight excluding hydrogens is 595 g/mol. The predicted octanol–water partition coefficient (Wildman–Crippen LogP) is 6.71. The first kappa shape index (κ1) is 30.6. The fourth-order valence-corrected chi connectivity index (χ4v) is 5.30. The Morgan fingerprint density at radius 3 is 2.50 bits per heavy atom. The number of aromatic nitrogens is 3. The van der Waals surface area contributed by atoms with Gasteiger partial charge < -0.3 is 15.4 Å². The van der Waals surface area contributed by atoms with Crippen molar-refractivity contribution in [3.8, 4) is 11.4 Å². The second kappa shape index (κ2) is 13.2. The van der Waals surface area contributed by atoms with E-state index in [-0.39, 0.29) is 24.0 Å². The van der Waals surface area contributed by atoms with Gasteiger partial charge >= 0.3 is 12.4 Å². The Morgan fingerprint density at radius 1 is 1.07 bits per heavy atom. The third-order valence-corrected chi connectivity index (χ3v) is 7.35. The number of anilines is 3. The SMILES string of the molecule is CCCc1ccc(C)cc1N1C(=O)CS/C1=N\C(=O)Nc1ccc(NCc2ncn(-c3ccc(OC(F)(F)F)cc3)n2)cc1. The Morgan fingerprint density at radius 2 is 1.80 bits per heavy atom. The minimum Gasteiger partial charge on any atom is -0.406 e. The number of halogens is 3. The molecule has 0 unspecified atom stereocenters. The number of thioether (sulfide) groups is 1. The lowest BCUT2D eigenvalue weighted by atomic mass is 10.0. The molecule has 228 valence electrons. The van der Waals surface area contributed by atoms with Crippen LogP contribution in [-0.2, 0) is 17.8 Å². The van der Waals surface area contributed by atoms with Crippen LogP contribution in [-0.4, -0.2) is 44.0 Å². The normalized spacial score (nSPS) is 14.2. The molecule has 0 spiro atoms. The molecule has 1 aromatic heterocycles. The predicted molar refractivity (Wildman–Crippen MR) is 163 cm³/mol. The molecule has 0 atom stereocenters. The van der Waals surface area contributed by atoms with Gasteiger partial charge in [0, 0.05) is 11.4 Å². The number of nitrogens with zero attached hydrogens (tertiary/aromatic N) is 5. The molecule has 10 nitrogen and oxygen atoms in total. The van der Waals surface area contributed by atoms with E-state index in [2.05, 4.69) is 37.4 Å². The molecule has 1 aliphatic rings. The molecule has 0 aliphatic carbocycles. The first-order valence-electron chi connectivity index (χ1n) is 13.6. The summed E-state index contributed by atoms with van der Waals surface area (Å²) in [6.07, 6.45) is -1.58. The number of benzene rings is 3. The van der Waals surface area contributed by atoms with Crippen LogP contribution in [0.2, 0.25) is 0 Å². The van der Waals surface area contributed by atoms with Crippen LogP contribution in [0.4, 0.5) is 35.0 Å². The number of amidine groups is 1. The van der Waals surface area contributed by atoms with Crippen LogP contribution in [0.1, 0.15) is 30.3 Å². The first-order chi connectivity index (χ1) is 21.1. The highest BCUT2D eigenvalue weighted by atomic mass is 32.2. The maximum Gasteiger partial charge on any atom is 0.573 e. The van der Waals surface area contributed by atoms with Crippen molar-refractivity contribution in [1.29, 1.82) is 0 Å². The molecule has 1 saturated heterocycles. The van der Waals surface area contributed by atoms with Crippen LogP contribution in [0.3, 0.4) is 0 Å². The molecule has 2 heterocycles. The smallest absolute Gasteiger partial charge is 0.406 e. The van der Waals surface area contributed by atoms with Gasteiger partial charge in [-0.3, -0.25) is 9.69 Å². The maximum absolute atomic E-state index is 12.8. The Kier molecular flexibility index (Phi) is 9.18. The molecule has 14 heteroatoms. The third kappa shape index (κ3) is 7.75. The summed E-state index contributed by atoms with van der Waals surface area (Å²) < 4.78 is 42.4. The van der Waals surface area contributed by atoms with Crippen molar-refractivity contribution in [3.63, 3.8) is 0 Å². The van der Waals surface area contributed by atoms with Crippen LogP contribution in [0, 0.1) is 6.92 Å². The zero-order chi connectivity index (χ0) is 31.3. The van der Waals surface area contributed by atoms with E-state index in [1.54, 1.807) is 24.3 Å². The van der Waals surface area contributed by atoms with E-state index in [4.69, 9.17) is 0 Å². The van der Waals surface area contributed by atoms with Crippen LogP contribution in [0.25, 0.3) is 5.69 Å². The summed E-state index contributed by atoms with van der Waals surface area (Å²) in [4.78, 5) is 35.5. The molecule has 0 radical (unpaired) electrons. The van der Waals surface area contributed by atoms with Crippen molar-refractivity contribution >= 4 is 45.9 Å². The molecule has 3 aromatic carbocycles. The number of rotatable bonds is 9. The van der Waals surface area contributed by atoms with Crippen molar-refractivity contribution in [2.75, 3.05) is 21.3 Å². The molecule has 44 heavy (non-hydrogen) atoms. The monoisotopic (exact) mass is 623 g/mol. The lowest BCUT2D eigenvalue weighted by Crippen LogP contribution is -2.31. The molecule has 0 bridgehead atoms. The van der Waals surface area contributed by atoms with E-state index in [0.717, 1.165) is 35.3 Å². The van der Waals surface area contributed by atoms with Crippen LogP contribution in [0.5, 0.6) is 5.75 Å². The minimum atomic E-state index is -4.76. The summed E-state index contributed by atoms with van der Waals surface area (Å²) in [6.45, 7) is 4.31. The zero-order valence-corrected chi connectivity index (χ0v) is 24.6. The average molecular weight is 624 g/mol. The van der Waals surface area contributed by atoms with Crippen LogP contribution < -0.4 is 20.3 Å². The lowest BCUT2D eigenvalue weighted by molar-refractivity contribution is -0.274. The highest BCUT2D eigenvalue weighted by molar-refractivity contribution is 8.15. The van der Waals surface area contributed by atoms with Gasteiger partial charge in [-0.2, -0.15) is 4.99 Å². The average Bonchev–Trinajstić information content (AvgIpc) is 3.60. The molecule has 4 aromatic rings. The number of aryl methyl sites for hydroxylation is 2. The largest absolute Gasteiger partial charge is 0.573 e. The second-order valence-corrected chi connectivity index (χ2v) is 10.7. The Bertz CT molecular complexity index is 1670. The van der Waals surface area contributed by atoms with Gasteiger partial charge in [-0.25, -0.2) is 14.5 Å². The number of ether oxygens (including phenoxy) is 1. The number of carbonyl (C=O) groups excluding carboxylic acids is 2. The summed E-state index contributed by atoms with van der Waals surface area (Å²) in [7, 11) is 0. The van der Waals surface area contributed by atoms with Crippen molar-refractivity contribution in [1.82, 2.24) is 14.8 Å². The topological polar surface area (TPSA) is 114 Å². The summed E-state index contributed by atoms with van der Waals surface area (Å²) in [5, 5.41) is 10.6. The second-order valence-electron chi connectivity index (χ2n) is 9.80. The van der Waals surface area contributed by atoms with Crippen LogP contribution >= 0.6 is 11.8 Å². The van der Waals surface area contributed by atoms with E-state index < -0.39 is 12.4 Å². The van der Waals surface area contributed by atoms with Crippen molar-refractivity contribution in [2.24, 2.45) is 4.99 Å². The van der Waals surface area contributed by atoms with E-state index in [1.165, 1.54) is 51.9 Å². The number of alkyl halides is 3. The molecule has 5 rings (SSSR count). The highest BCUT2D eigenvalue weighted by Crippen LogP contribution is 2.31. The fraction of sp³-hybridized carbons (Fsp3) is 0.233. The van der Waals surface area contributed by atoms with Gasteiger partial charge in [0.2, 0.25) is 5.91 Å². The number of aliphatic imine (C=N–C) groups is 1. The lowest BCUT2D eigenvalue weighted by Gasteiger charge is -2.20. The van der Waals surface area contributed by atoms with E-state index in [0.29, 0.717) is 22.4 Å². The molecule has 2 N–H and O–H groups in total. The van der Waals surface area contributed by atoms with E-state index >= 15 is 0 Å². The number of hydrogen-bond donors (Lipinski definition) is 2. The Labute approximate surface area is 255 Å². The third-order valence-electron chi connectivity index (χ3n) is 6.42. The highest BCUT2D eigenvalue weighted by Gasteiger charge is 2.32. The van der Waals surface area contributed by atoms with E-state index in [1.807, 2.05) is 25.1 Å². The molecule has 1 fully saturated rings. The number of amides is 3. The van der Waals surface area contributed by atoms with Gasteiger partial charge in [0.1, 0.15) is 12.1 Å². The molecular formula is C30H28F3N7O3S. The fourth-order valence-electron chi connectivity index (χ4n) is 4.44. The summed E-state index contributed by atoms with van der Waals surface area (Å²) in [5.74, 6) is 0.223. The van der Waals surface area contributed by atoms with Crippen molar-refractivity contribution in [3.05, 3.63) is 90.0 Å². The Balaban J connectivity index is 1.17. The quantitative estimate of drug-likeness (QED) is 0.213. The summed E-state index contributed by atoms with van der Waals surface area (Å²) >= 11 is 1.23. The number of carbonyl (C=O) groups is 2. The van der Waals surface area contributed by atoms with Gasteiger partial charge in [-0.15, -0.1) is 18.3 Å². The van der Waals surface area contributed by atoms with E-state index in [9.17, 15) is 22.8 Å². The van der Waals surface area contributed by atoms with Crippen molar-refractivity contribution in [2.45, 2.75) is 39.6 Å². The van der Waals surface area contributed by atoms with Crippen molar-refractivity contribution < 1.29 is 27.5 Å². The number of hydrogen-bond acceptors (Lipinski definition) is 7. The molecule has 1 aliphatic heterocycles. The molecule has 3 amide bonds. The van der Waals surface area contributed by atoms with Gasteiger partial charge in [0.25, 0.3) is 0 Å². The maximum atomic E-state index is 12.8. The number of urea groups is 1. The van der Waals surface area contributed by atoms with Gasteiger partial charge in [0.15, 0.2) is 11.0 Å². The molecule has 0 saturated carbocycles. The van der Waals surface area contributed by atoms with Gasteiger partial charge in [-0.05, 0) is 79.1 Å². The minimum absolute atomic E-state index is 0.118. The zero-order valence-electron chi connectivity index (χ0n) is 23.8. The first-order valence-corrected chi connectivity index (χ1v) is 14.6. The standard InChI is InChI=1S/C30H28F3N7O3S/c1-3-4-20-6-5-19(2)15-25(20)40-27(41)17-44-29(40)37-28(42)36-22-9-7-21(8-10-22)34-16-26-35-18-39(38-26)23-11-13-24(14-12-23)43-30(31,32)33/h5-15,18,34H,3-4,16-17H2,1-2H3,(H,36,42)/b37-29-. The summed E-state index contributed by atoms with van der Waals surface area (Å²) in [6, 6.07) is 17.6.